The molecule has 0 spiro atoms. The van der Waals surface area contributed by atoms with Crippen LogP contribution in [0, 0.1) is 0 Å². The summed E-state index contributed by atoms with van der Waals surface area (Å²) in [4.78, 5) is 1.63. The first-order chi connectivity index (χ1) is 7.83. The zero-order chi connectivity index (χ0) is 10.7. The van der Waals surface area contributed by atoms with E-state index < -0.39 is 0 Å². The molecule has 0 unspecified atom stereocenters. The van der Waals surface area contributed by atoms with Crippen LogP contribution in [0.3, 0.4) is 0 Å². The summed E-state index contributed by atoms with van der Waals surface area (Å²) in [6.07, 6.45) is 0. The second kappa shape index (κ2) is 2.50. The van der Waals surface area contributed by atoms with Crippen molar-refractivity contribution in [1.82, 2.24) is 15.0 Å². The predicted molar refractivity (Wildman–Crippen MR) is 64.7 cm³/mol. The van der Waals surface area contributed by atoms with Crippen LogP contribution in [0.15, 0.2) is 36.4 Å². The minimum atomic E-state index is 1.01. The third-order valence-electron chi connectivity index (χ3n) is 3.13. The molecule has 0 N–H and O–H groups in total. The van der Waals surface area contributed by atoms with Gasteiger partial charge in [0.25, 0.3) is 0 Å². The second-order valence-corrected chi connectivity index (χ2v) is 4.12. The van der Waals surface area contributed by atoms with Crippen LogP contribution >= 0.6 is 0 Å². The summed E-state index contributed by atoms with van der Waals surface area (Å²) in [5.74, 6) is 0. The number of hydrogen-bond donors (Lipinski definition) is 0. The van der Waals surface area contributed by atoms with E-state index >= 15 is 0 Å². The van der Waals surface area contributed by atoms with Crippen LogP contribution < -0.4 is 0 Å². The zero-order valence-corrected chi connectivity index (χ0v) is 8.81. The maximum atomic E-state index is 4.41. The van der Waals surface area contributed by atoms with E-state index in [0.717, 1.165) is 11.0 Å². The lowest BCUT2D eigenvalue weighted by Gasteiger charge is -2.06. The first-order valence-electron chi connectivity index (χ1n) is 5.28. The van der Waals surface area contributed by atoms with Crippen molar-refractivity contribution in [3.8, 4) is 0 Å². The minimum Gasteiger partial charge on any atom is -0.187 e. The Bertz CT molecular complexity index is 751. The Hall–Kier alpha value is -2.16. The van der Waals surface area contributed by atoms with Gasteiger partial charge in [0.2, 0.25) is 0 Å². The summed E-state index contributed by atoms with van der Waals surface area (Å²) < 4.78 is 0. The molecule has 4 rings (SSSR count). The normalized spacial score (nSPS) is 12.1. The standard InChI is InChI=1S/C13H9N3/c1-16-14-10-6-4-8-2-3-9-5-7-11(15-16)13(10)12(8)9/h2-7H,1H3. The molecule has 0 atom stereocenters. The van der Waals surface area contributed by atoms with Crippen molar-refractivity contribution in [2.24, 2.45) is 7.05 Å². The molecule has 0 aliphatic rings. The largest absolute Gasteiger partial charge is 0.187 e. The van der Waals surface area contributed by atoms with Gasteiger partial charge >= 0.3 is 0 Å². The van der Waals surface area contributed by atoms with Gasteiger partial charge in [-0.05, 0) is 22.9 Å². The second-order valence-electron chi connectivity index (χ2n) is 4.12. The van der Waals surface area contributed by atoms with Gasteiger partial charge in [0.05, 0.1) is 11.0 Å². The van der Waals surface area contributed by atoms with Crippen molar-refractivity contribution in [2.75, 3.05) is 0 Å². The zero-order valence-electron chi connectivity index (χ0n) is 8.81. The van der Waals surface area contributed by atoms with Crippen LogP contribution in [-0.4, -0.2) is 15.0 Å². The maximum absolute atomic E-state index is 4.41. The fourth-order valence-corrected chi connectivity index (χ4v) is 2.47. The fraction of sp³-hybridized carbons (Fsp3) is 0.0769. The van der Waals surface area contributed by atoms with Gasteiger partial charge in [-0.2, -0.15) is 15.0 Å². The summed E-state index contributed by atoms with van der Waals surface area (Å²) in [5, 5.41) is 13.8. The average molecular weight is 207 g/mol. The van der Waals surface area contributed by atoms with Crippen molar-refractivity contribution < 1.29 is 0 Å². The van der Waals surface area contributed by atoms with E-state index in [2.05, 4.69) is 46.6 Å². The third kappa shape index (κ3) is 0.834. The molecule has 0 saturated heterocycles. The van der Waals surface area contributed by atoms with Crippen molar-refractivity contribution >= 4 is 32.6 Å². The van der Waals surface area contributed by atoms with E-state index in [-0.39, 0.29) is 0 Å². The van der Waals surface area contributed by atoms with Gasteiger partial charge < -0.3 is 0 Å². The summed E-state index contributed by atoms with van der Waals surface area (Å²) >= 11 is 0. The molecule has 3 heteroatoms. The molecule has 1 heterocycles. The highest BCUT2D eigenvalue weighted by Crippen LogP contribution is 2.33. The van der Waals surface area contributed by atoms with E-state index in [0.29, 0.717) is 0 Å². The van der Waals surface area contributed by atoms with Crippen molar-refractivity contribution in [3.63, 3.8) is 0 Å². The average Bonchev–Trinajstić information content (AvgIpc) is 2.70. The van der Waals surface area contributed by atoms with Crippen LogP contribution in [0.1, 0.15) is 0 Å². The van der Waals surface area contributed by atoms with Gasteiger partial charge in [-0.15, -0.1) is 0 Å². The highest BCUT2D eigenvalue weighted by Gasteiger charge is 2.10. The van der Waals surface area contributed by atoms with E-state index in [4.69, 9.17) is 0 Å². The van der Waals surface area contributed by atoms with Crippen molar-refractivity contribution in [2.45, 2.75) is 0 Å². The molecule has 76 valence electrons. The quantitative estimate of drug-likeness (QED) is 0.444. The molecule has 4 aromatic rings. The number of nitrogens with zero attached hydrogens (tertiary/aromatic N) is 3. The SMILES string of the molecule is Cn1nc2ccc3ccc4ccc(n1)c2c34. The van der Waals surface area contributed by atoms with Crippen LogP contribution in [0.2, 0.25) is 0 Å². The predicted octanol–water partition coefficient (Wildman–Crippen LogP) is 2.71. The molecule has 0 aliphatic carbocycles. The highest BCUT2D eigenvalue weighted by molar-refractivity contribution is 6.21. The first kappa shape index (κ1) is 8.05. The van der Waals surface area contributed by atoms with Crippen LogP contribution in [0.4, 0.5) is 0 Å². The van der Waals surface area contributed by atoms with E-state index in [1.54, 1.807) is 4.80 Å². The summed E-state index contributed by atoms with van der Waals surface area (Å²) in [6, 6.07) is 12.7. The molecule has 0 aliphatic heterocycles. The van der Waals surface area contributed by atoms with Gasteiger partial charge in [-0.1, -0.05) is 24.3 Å². The molecular formula is C13H9N3. The lowest BCUT2D eigenvalue weighted by atomic mass is 10.1. The van der Waals surface area contributed by atoms with Crippen molar-refractivity contribution in [1.29, 1.82) is 0 Å². The minimum absolute atomic E-state index is 1.01. The summed E-state index contributed by atoms with van der Waals surface area (Å²) in [5.41, 5.74) is 2.02. The molecule has 16 heavy (non-hydrogen) atoms. The molecule has 0 fully saturated rings. The third-order valence-corrected chi connectivity index (χ3v) is 3.13. The van der Waals surface area contributed by atoms with E-state index in [9.17, 15) is 0 Å². The number of rotatable bonds is 0. The lowest BCUT2D eigenvalue weighted by Crippen LogP contribution is -2.02. The Morgan fingerprint density at radius 2 is 1.25 bits per heavy atom. The summed E-state index contributed by atoms with van der Waals surface area (Å²) in [6.45, 7) is 0. The molecule has 0 radical (unpaired) electrons. The van der Waals surface area contributed by atoms with Gasteiger partial charge in [0.15, 0.2) is 0 Å². The summed E-state index contributed by atoms with van der Waals surface area (Å²) in [7, 11) is 1.86. The lowest BCUT2D eigenvalue weighted by molar-refractivity contribution is 0.643. The molecular weight excluding hydrogens is 198 g/mol. The molecule has 0 saturated carbocycles. The van der Waals surface area contributed by atoms with Crippen LogP contribution in [0.5, 0.6) is 0 Å². The Morgan fingerprint density at radius 1 is 0.750 bits per heavy atom. The first-order valence-corrected chi connectivity index (χ1v) is 5.28. The number of aromatic nitrogens is 3. The van der Waals surface area contributed by atoms with Gasteiger partial charge in [-0.3, -0.25) is 0 Å². The Balaban J connectivity index is 2.47. The van der Waals surface area contributed by atoms with Crippen LogP contribution in [0.25, 0.3) is 32.6 Å². The monoisotopic (exact) mass is 207 g/mol. The van der Waals surface area contributed by atoms with Gasteiger partial charge in [0, 0.05) is 17.8 Å². The van der Waals surface area contributed by atoms with E-state index in [1.807, 2.05) is 7.05 Å². The number of benzene rings is 2. The Kier molecular flexibility index (Phi) is 1.26. The maximum Gasteiger partial charge on any atom is 0.0953 e. The highest BCUT2D eigenvalue weighted by atomic mass is 15.4. The van der Waals surface area contributed by atoms with Gasteiger partial charge in [-0.25, -0.2) is 0 Å². The molecule has 1 aromatic heterocycles. The van der Waals surface area contributed by atoms with E-state index in [1.165, 1.54) is 21.5 Å². The Labute approximate surface area is 91.6 Å². The molecule has 3 aromatic carbocycles. The molecule has 0 bridgehead atoms. The fourth-order valence-electron chi connectivity index (χ4n) is 2.47. The molecule has 0 amide bonds. The number of aryl methyl sites for hydroxylation is 1. The van der Waals surface area contributed by atoms with Crippen molar-refractivity contribution in [3.05, 3.63) is 36.4 Å². The molecule has 3 nitrogen and oxygen atoms in total. The Morgan fingerprint density at radius 3 is 1.81 bits per heavy atom. The topological polar surface area (TPSA) is 30.7 Å². The smallest absolute Gasteiger partial charge is 0.0953 e. The number of hydrogen-bond acceptors (Lipinski definition) is 2. The van der Waals surface area contributed by atoms with Gasteiger partial charge in [0.1, 0.15) is 0 Å². The van der Waals surface area contributed by atoms with Crippen LogP contribution in [-0.2, 0) is 7.05 Å².